The van der Waals surface area contributed by atoms with Crippen molar-refractivity contribution in [3.8, 4) is 0 Å². The number of amides is 1. The van der Waals surface area contributed by atoms with Crippen LogP contribution in [0.5, 0.6) is 0 Å². The van der Waals surface area contributed by atoms with Crippen LogP contribution in [0.3, 0.4) is 0 Å². The number of hydrogen-bond acceptors (Lipinski definition) is 6. The van der Waals surface area contributed by atoms with Crippen molar-refractivity contribution in [3.63, 3.8) is 0 Å². The molecule has 1 aliphatic heterocycles. The lowest BCUT2D eigenvalue weighted by atomic mass is 9.94. The maximum Gasteiger partial charge on any atom is 0.341 e. The third-order valence-electron chi connectivity index (χ3n) is 4.03. The van der Waals surface area contributed by atoms with Crippen LogP contribution in [0.4, 0.5) is 5.82 Å². The van der Waals surface area contributed by atoms with Crippen molar-refractivity contribution in [2.75, 3.05) is 6.61 Å². The number of hydrogen-bond donors (Lipinski definition) is 1. The zero-order chi connectivity index (χ0) is 18.0. The van der Waals surface area contributed by atoms with Crippen LogP contribution in [0.25, 0.3) is 0 Å². The van der Waals surface area contributed by atoms with Crippen LogP contribution in [0.1, 0.15) is 28.7 Å². The second-order valence-corrected chi connectivity index (χ2v) is 5.55. The molecule has 3 rings (SSSR count). The Bertz CT molecular complexity index is 831. The van der Waals surface area contributed by atoms with Crippen molar-refractivity contribution in [2.24, 2.45) is 0 Å². The number of nitrogens with one attached hydrogen (secondary N) is 1. The minimum absolute atomic E-state index is 0.180. The first-order valence-electron chi connectivity index (χ1n) is 7.75. The van der Waals surface area contributed by atoms with Gasteiger partial charge in [0, 0.05) is 13.0 Å². The third-order valence-corrected chi connectivity index (χ3v) is 4.03. The monoisotopic (exact) mass is 344 g/mol. The van der Waals surface area contributed by atoms with Gasteiger partial charge in [0.2, 0.25) is 0 Å². The normalized spacial score (nSPS) is 16.2. The molecule has 0 fully saturated rings. The van der Waals surface area contributed by atoms with Gasteiger partial charge in [-0.1, -0.05) is 24.3 Å². The number of carbonyl (C=O) groups is 2. The number of imidazole rings is 1. The zero-order valence-electron chi connectivity index (χ0n) is 13.5. The van der Waals surface area contributed by atoms with Gasteiger partial charge in [-0.05, 0) is 23.0 Å². The molecule has 0 saturated carbocycles. The summed E-state index contributed by atoms with van der Waals surface area (Å²) >= 11 is 0. The Morgan fingerprint density at radius 1 is 1.40 bits per heavy atom. The van der Waals surface area contributed by atoms with Crippen LogP contribution in [0.2, 0.25) is 0 Å². The van der Waals surface area contributed by atoms with Crippen LogP contribution in [0.15, 0.2) is 30.5 Å². The number of nitro groups is 1. The van der Waals surface area contributed by atoms with Gasteiger partial charge in [0.1, 0.15) is 12.2 Å². The molecule has 0 radical (unpaired) electrons. The molecule has 130 valence electrons. The van der Waals surface area contributed by atoms with Crippen molar-refractivity contribution < 1.29 is 19.2 Å². The summed E-state index contributed by atoms with van der Waals surface area (Å²) in [6, 6.07) is 6.70. The Balaban J connectivity index is 1.93. The largest absolute Gasteiger partial charge is 0.464 e. The van der Waals surface area contributed by atoms with E-state index in [9.17, 15) is 19.7 Å². The Labute approximate surface area is 142 Å². The molecule has 1 unspecified atom stereocenters. The molecule has 9 nitrogen and oxygen atoms in total. The van der Waals surface area contributed by atoms with Crippen LogP contribution in [-0.2, 0) is 22.5 Å². The SMILES string of the molecule is CCOC(=O)C1Cc2ccccc2CN1C(=O)c1ncc([N+](=O)[O-])[nH]1. The fourth-order valence-corrected chi connectivity index (χ4v) is 2.83. The number of H-pyrrole nitrogens is 1. The highest BCUT2D eigenvalue weighted by Crippen LogP contribution is 2.25. The molecule has 1 atom stereocenters. The lowest BCUT2D eigenvalue weighted by molar-refractivity contribution is -0.389. The minimum Gasteiger partial charge on any atom is -0.464 e. The number of fused-ring (bicyclic) bond motifs is 1. The number of nitrogens with zero attached hydrogens (tertiary/aromatic N) is 3. The standard InChI is InChI=1S/C16H16N4O5/c1-2-25-16(22)12-7-10-5-3-4-6-11(10)9-19(12)15(21)14-17-8-13(18-14)20(23)24/h3-6,8,12H,2,7,9H2,1H3,(H,17,18). The van der Waals surface area contributed by atoms with E-state index in [0.29, 0.717) is 6.42 Å². The third kappa shape index (κ3) is 3.21. The first-order valence-corrected chi connectivity index (χ1v) is 7.75. The molecule has 1 aliphatic rings. The Morgan fingerprint density at radius 2 is 2.12 bits per heavy atom. The molecule has 0 spiro atoms. The topological polar surface area (TPSA) is 118 Å². The number of carbonyl (C=O) groups excluding carboxylic acids is 2. The summed E-state index contributed by atoms with van der Waals surface area (Å²) in [4.78, 5) is 42.7. The second-order valence-electron chi connectivity index (χ2n) is 5.55. The molecular formula is C16H16N4O5. The van der Waals surface area contributed by atoms with Gasteiger partial charge in [-0.25, -0.2) is 14.8 Å². The predicted octanol–water partition coefficient (Wildman–Crippen LogP) is 1.45. The van der Waals surface area contributed by atoms with Crippen LogP contribution in [0, 0.1) is 10.1 Å². The molecule has 9 heteroatoms. The van der Waals surface area contributed by atoms with Gasteiger partial charge in [-0.15, -0.1) is 0 Å². The number of aromatic amines is 1. The molecule has 1 N–H and O–H groups in total. The molecule has 2 heterocycles. The predicted molar refractivity (Wildman–Crippen MR) is 85.7 cm³/mol. The fraction of sp³-hybridized carbons (Fsp3) is 0.312. The lowest BCUT2D eigenvalue weighted by Gasteiger charge is -2.34. The zero-order valence-corrected chi connectivity index (χ0v) is 13.5. The highest BCUT2D eigenvalue weighted by molar-refractivity contribution is 5.94. The van der Waals surface area contributed by atoms with Crippen molar-refractivity contribution in [1.82, 2.24) is 14.9 Å². The van der Waals surface area contributed by atoms with Gasteiger partial charge in [0.05, 0.1) is 6.61 Å². The maximum absolute atomic E-state index is 12.8. The summed E-state index contributed by atoms with van der Waals surface area (Å²) in [5.74, 6) is -1.65. The maximum atomic E-state index is 12.8. The van der Waals surface area contributed by atoms with Crippen molar-refractivity contribution in [1.29, 1.82) is 0 Å². The van der Waals surface area contributed by atoms with Gasteiger partial charge in [-0.2, -0.15) is 0 Å². The van der Waals surface area contributed by atoms with E-state index in [1.807, 2.05) is 24.3 Å². The number of aromatic nitrogens is 2. The number of benzene rings is 1. The highest BCUT2D eigenvalue weighted by Gasteiger charge is 2.38. The van der Waals surface area contributed by atoms with E-state index in [1.165, 1.54) is 4.90 Å². The average molecular weight is 344 g/mol. The highest BCUT2D eigenvalue weighted by atomic mass is 16.6. The molecule has 25 heavy (non-hydrogen) atoms. The first-order chi connectivity index (χ1) is 12.0. The molecule has 1 amide bonds. The summed E-state index contributed by atoms with van der Waals surface area (Å²) < 4.78 is 5.08. The number of ether oxygens (including phenoxy) is 1. The Kier molecular flexibility index (Phi) is 4.46. The summed E-state index contributed by atoms with van der Waals surface area (Å²) in [5.41, 5.74) is 1.88. The molecule has 2 aromatic rings. The van der Waals surface area contributed by atoms with Crippen molar-refractivity contribution >= 4 is 17.7 Å². The van der Waals surface area contributed by atoms with Crippen LogP contribution in [-0.4, -0.2) is 44.3 Å². The van der Waals surface area contributed by atoms with E-state index in [1.54, 1.807) is 6.92 Å². The molecule has 1 aromatic carbocycles. The minimum atomic E-state index is -0.800. The second kappa shape index (κ2) is 6.71. The lowest BCUT2D eigenvalue weighted by Crippen LogP contribution is -2.49. The summed E-state index contributed by atoms with van der Waals surface area (Å²) in [7, 11) is 0. The summed E-state index contributed by atoms with van der Waals surface area (Å²) in [6.07, 6.45) is 1.30. The smallest absolute Gasteiger partial charge is 0.341 e. The van der Waals surface area contributed by atoms with E-state index in [4.69, 9.17) is 4.74 Å². The molecular weight excluding hydrogens is 328 g/mol. The number of rotatable bonds is 4. The van der Waals surface area contributed by atoms with E-state index in [2.05, 4.69) is 9.97 Å². The van der Waals surface area contributed by atoms with Crippen LogP contribution < -0.4 is 0 Å². The Hall–Kier alpha value is -3.23. The fourth-order valence-electron chi connectivity index (χ4n) is 2.83. The Morgan fingerprint density at radius 3 is 2.76 bits per heavy atom. The summed E-state index contributed by atoms with van der Waals surface area (Å²) in [5, 5.41) is 10.8. The van der Waals surface area contributed by atoms with Gasteiger partial charge in [0.25, 0.3) is 5.82 Å². The molecule has 0 aliphatic carbocycles. The molecule has 0 saturated heterocycles. The van der Waals surface area contributed by atoms with E-state index in [0.717, 1.165) is 17.3 Å². The van der Waals surface area contributed by atoms with E-state index in [-0.39, 0.29) is 24.8 Å². The van der Waals surface area contributed by atoms with Crippen molar-refractivity contribution in [3.05, 3.63) is 57.5 Å². The molecule has 0 bridgehead atoms. The average Bonchev–Trinajstić information content (AvgIpc) is 3.10. The van der Waals surface area contributed by atoms with Gasteiger partial charge < -0.3 is 19.8 Å². The first kappa shape index (κ1) is 16.6. The summed E-state index contributed by atoms with van der Waals surface area (Å²) in [6.45, 7) is 2.09. The van der Waals surface area contributed by atoms with Gasteiger partial charge in [0.15, 0.2) is 0 Å². The van der Waals surface area contributed by atoms with Gasteiger partial charge in [-0.3, -0.25) is 4.79 Å². The number of esters is 1. The molecule has 1 aromatic heterocycles. The quantitative estimate of drug-likeness (QED) is 0.509. The van der Waals surface area contributed by atoms with E-state index >= 15 is 0 Å². The van der Waals surface area contributed by atoms with Crippen LogP contribution >= 0.6 is 0 Å². The van der Waals surface area contributed by atoms with Crippen molar-refractivity contribution in [2.45, 2.75) is 25.9 Å². The van der Waals surface area contributed by atoms with E-state index < -0.39 is 22.8 Å². The van der Waals surface area contributed by atoms with Gasteiger partial charge >= 0.3 is 17.7 Å².